The van der Waals surface area contributed by atoms with Crippen molar-refractivity contribution in [2.24, 2.45) is 0 Å². The van der Waals surface area contributed by atoms with Crippen LogP contribution in [-0.4, -0.2) is 79.8 Å². The van der Waals surface area contributed by atoms with E-state index in [2.05, 4.69) is 15.8 Å². The van der Waals surface area contributed by atoms with Crippen molar-refractivity contribution in [1.29, 1.82) is 0 Å². The number of ether oxygens (including phenoxy) is 2. The van der Waals surface area contributed by atoms with Crippen molar-refractivity contribution in [2.45, 2.75) is 18.8 Å². The molecule has 0 atom stereocenters. The van der Waals surface area contributed by atoms with Gasteiger partial charge >= 0.3 is 6.09 Å². The van der Waals surface area contributed by atoms with Crippen LogP contribution in [0.3, 0.4) is 0 Å². The van der Waals surface area contributed by atoms with Crippen LogP contribution in [0, 0.1) is 12.3 Å². The number of nitrogens with zero attached hydrogens (tertiary/aromatic N) is 4. The van der Waals surface area contributed by atoms with Crippen LogP contribution in [0.5, 0.6) is 5.75 Å². The standard InChI is InChI=1S/C24H28N4O4S/c1-3-16-32-24(30)28-10-8-18(9-11-28)22-25-21(17-33-22)23(29)27-14-12-26(13-15-27)19-4-6-20(31-2)7-5-19/h1,4-7,17-18H,8-16H2,2H3. The maximum Gasteiger partial charge on any atom is 0.410 e. The predicted octanol–water partition coefficient (Wildman–Crippen LogP) is 3.06. The third-order valence-electron chi connectivity index (χ3n) is 6.13. The van der Waals surface area contributed by atoms with E-state index in [1.54, 1.807) is 12.0 Å². The van der Waals surface area contributed by atoms with Gasteiger partial charge in [-0.2, -0.15) is 0 Å². The quantitative estimate of drug-likeness (QED) is 0.628. The predicted molar refractivity (Wildman–Crippen MR) is 127 cm³/mol. The zero-order chi connectivity index (χ0) is 23.2. The van der Waals surface area contributed by atoms with Gasteiger partial charge in [0.15, 0.2) is 6.61 Å². The third-order valence-corrected chi connectivity index (χ3v) is 7.13. The minimum atomic E-state index is -0.366. The van der Waals surface area contributed by atoms with Crippen LogP contribution in [0.4, 0.5) is 10.5 Å². The van der Waals surface area contributed by atoms with E-state index in [1.807, 2.05) is 34.5 Å². The van der Waals surface area contributed by atoms with Crippen molar-refractivity contribution >= 4 is 29.0 Å². The minimum Gasteiger partial charge on any atom is -0.497 e. The molecular weight excluding hydrogens is 440 g/mol. The molecule has 0 spiro atoms. The summed E-state index contributed by atoms with van der Waals surface area (Å²) in [5.74, 6) is 3.38. The number of aromatic nitrogens is 1. The topological polar surface area (TPSA) is 75.2 Å². The summed E-state index contributed by atoms with van der Waals surface area (Å²) in [5.41, 5.74) is 1.65. The normalized spacial score (nSPS) is 16.9. The van der Waals surface area contributed by atoms with E-state index in [1.165, 1.54) is 11.3 Å². The molecule has 3 heterocycles. The Kier molecular flexibility index (Phi) is 7.35. The maximum atomic E-state index is 13.0. The van der Waals surface area contributed by atoms with Gasteiger partial charge in [-0.3, -0.25) is 4.79 Å². The Labute approximate surface area is 198 Å². The lowest BCUT2D eigenvalue weighted by atomic mass is 9.98. The summed E-state index contributed by atoms with van der Waals surface area (Å²) >= 11 is 1.53. The fraction of sp³-hybridized carbons (Fsp3) is 0.458. The van der Waals surface area contributed by atoms with E-state index >= 15 is 0 Å². The van der Waals surface area contributed by atoms with Gasteiger partial charge in [0.2, 0.25) is 0 Å². The first-order valence-electron chi connectivity index (χ1n) is 11.1. The number of rotatable bonds is 5. The van der Waals surface area contributed by atoms with Crippen LogP contribution in [0.1, 0.15) is 34.3 Å². The lowest BCUT2D eigenvalue weighted by molar-refractivity contribution is 0.0741. The van der Waals surface area contributed by atoms with Gasteiger partial charge in [-0.25, -0.2) is 9.78 Å². The van der Waals surface area contributed by atoms with Crippen LogP contribution in [-0.2, 0) is 4.74 Å². The fourth-order valence-electron chi connectivity index (χ4n) is 4.20. The summed E-state index contributed by atoms with van der Waals surface area (Å²) in [6.45, 7) is 4.08. The number of carbonyl (C=O) groups is 2. The molecule has 2 aliphatic rings. The molecule has 2 fully saturated rings. The molecule has 1 aromatic heterocycles. The molecule has 2 amide bonds. The van der Waals surface area contributed by atoms with Crippen molar-refractivity contribution in [2.75, 3.05) is 57.9 Å². The van der Waals surface area contributed by atoms with E-state index in [0.29, 0.717) is 31.9 Å². The fourth-order valence-corrected chi connectivity index (χ4v) is 5.16. The highest BCUT2D eigenvalue weighted by atomic mass is 32.1. The Balaban J connectivity index is 1.28. The number of benzene rings is 1. The van der Waals surface area contributed by atoms with Crippen LogP contribution >= 0.6 is 11.3 Å². The molecule has 0 bridgehead atoms. The van der Waals surface area contributed by atoms with E-state index in [0.717, 1.165) is 42.4 Å². The highest BCUT2D eigenvalue weighted by molar-refractivity contribution is 7.09. The number of hydrogen-bond acceptors (Lipinski definition) is 7. The van der Waals surface area contributed by atoms with E-state index in [-0.39, 0.29) is 24.5 Å². The molecule has 0 saturated carbocycles. The summed E-state index contributed by atoms with van der Waals surface area (Å²) in [7, 11) is 1.66. The number of likely N-dealkylation sites (tertiary alicyclic amines) is 1. The Hall–Kier alpha value is -3.25. The Morgan fingerprint density at radius 1 is 1.09 bits per heavy atom. The van der Waals surface area contributed by atoms with Gasteiger partial charge in [0, 0.05) is 56.3 Å². The number of piperazine rings is 1. The van der Waals surface area contributed by atoms with Gasteiger partial charge in [-0.05, 0) is 37.1 Å². The van der Waals surface area contributed by atoms with Crippen LogP contribution in [0.15, 0.2) is 29.6 Å². The van der Waals surface area contributed by atoms with Crippen molar-refractivity contribution in [3.05, 3.63) is 40.3 Å². The van der Waals surface area contributed by atoms with Crippen molar-refractivity contribution in [3.8, 4) is 18.1 Å². The summed E-state index contributed by atoms with van der Waals surface area (Å²) in [4.78, 5) is 35.5. The van der Waals surface area contributed by atoms with Gasteiger partial charge < -0.3 is 24.2 Å². The average molecular weight is 469 g/mol. The van der Waals surface area contributed by atoms with Gasteiger partial charge in [-0.1, -0.05) is 5.92 Å². The first kappa shape index (κ1) is 22.9. The van der Waals surface area contributed by atoms with Gasteiger partial charge in [0.05, 0.1) is 12.1 Å². The molecule has 8 nitrogen and oxygen atoms in total. The minimum absolute atomic E-state index is 0.00886. The number of terminal acetylenes is 1. The molecule has 174 valence electrons. The molecule has 0 aliphatic carbocycles. The number of thiazole rings is 1. The monoisotopic (exact) mass is 468 g/mol. The third kappa shape index (κ3) is 5.40. The van der Waals surface area contributed by atoms with Gasteiger partial charge in [0.1, 0.15) is 11.4 Å². The average Bonchev–Trinajstić information content (AvgIpc) is 3.37. The lowest BCUT2D eigenvalue weighted by Gasteiger charge is -2.35. The molecule has 1 aromatic carbocycles. The molecule has 2 saturated heterocycles. The zero-order valence-corrected chi connectivity index (χ0v) is 19.6. The van der Waals surface area contributed by atoms with Crippen molar-refractivity contribution in [3.63, 3.8) is 0 Å². The molecule has 9 heteroatoms. The lowest BCUT2D eigenvalue weighted by Crippen LogP contribution is -2.48. The van der Waals surface area contributed by atoms with Crippen LogP contribution < -0.4 is 9.64 Å². The second-order valence-electron chi connectivity index (χ2n) is 8.07. The SMILES string of the molecule is C#CCOC(=O)N1CCC(c2nc(C(=O)N3CCN(c4ccc(OC)cc4)CC3)cs2)CC1. The molecule has 0 N–H and O–H groups in total. The highest BCUT2D eigenvalue weighted by Gasteiger charge is 2.28. The summed E-state index contributed by atoms with van der Waals surface area (Å²) < 4.78 is 10.2. The zero-order valence-electron chi connectivity index (χ0n) is 18.7. The van der Waals surface area contributed by atoms with Gasteiger partial charge in [0.25, 0.3) is 5.91 Å². The number of methoxy groups -OCH3 is 1. The number of anilines is 1. The number of piperidine rings is 1. The highest BCUT2D eigenvalue weighted by Crippen LogP contribution is 2.31. The smallest absolute Gasteiger partial charge is 0.410 e. The number of hydrogen-bond donors (Lipinski definition) is 0. The first-order valence-corrected chi connectivity index (χ1v) is 12.0. The Morgan fingerprint density at radius 3 is 2.42 bits per heavy atom. The Morgan fingerprint density at radius 2 is 1.79 bits per heavy atom. The maximum absolute atomic E-state index is 13.0. The van der Waals surface area contributed by atoms with E-state index in [4.69, 9.17) is 15.9 Å². The summed E-state index contributed by atoms with van der Waals surface area (Å²) in [5, 5.41) is 2.83. The van der Waals surface area contributed by atoms with Crippen molar-refractivity contribution in [1.82, 2.24) is 14.8 Å². The molecule has 0 unspecified atom stereocenters. The summed E-state index contributed by atoms with van der Waals surface area (Å²) in [6, 6.07) is 8.00. The molecule has 4 rings (SSSR count). The summed E-state index contributed by atoms with van der Waals surface area (Å²) in [6.07, 6.45) is 6.37. The number of amides is 2. The molecule has 2 aliphatic heterocycles. The van der Waals surface area contributed by atoms with Crippen LogP contribution in [0.2, 0.25) is 0 Å². The largest absolute Gasteiger partial charge is 0.497 e. The van der Waals surface area contributed by atoms with Crippen molar-refractivity contribution < 1.29 is 19.1 Å². The first-order chi connectivity index (χ1) is 16.1. The number of carbonyl (C=O) groups excluding carboxylic acids is 2. The second-order valence-corrected chi connectivity index (χ2v) is 8.96. The van der Waals surface area contributed by atoms with Gasteiger partial charge in [-0.15, -0.1) is 17.8 Å². The molecular formula is C24H28N4O4S. The van der Waals surface area contributed by atoms with E-state index < -0.39 is 0 Å². The molecule has 33 heavy (non-hydrogen) atoms. The molecule has 2 aromatic rings. The van der Waals surface area contributed by atoms with E-state index in [9.17, 15) is 9.59 Å². The Bertz CT molecular complexity index is 1000. The molecule has 0 radical (unpaired) electrons. The second kappa shape index (κ2) is 10.6. The van der Waals surface area contributed by atoms with Crippen LogP contribution in [0.25, 0.3) is 0 Å².